The third-order valence-electron chi connectivity index (χ3n) is 8.70. The first-order chi connectivity index (χ1) is 21.9. The summed E-state index contributed by atoms with van der Waals surface area (Å²) in [5.74, 6) is 2.51. The van der Waals surface area contributed by atoms with Gasteiger partial charge < -0.3 is 38.6 Å². The van der Waals surface area contributed by atoms with Crippen LogP contribution in [-0.4, -0.2) is 69.5 Å². The predicted molar refractivity (Wildman–Crippen MR) is 170 cm³/mol. The molecule has 1 N–H and O–H groups in total. The molecule has 5 rings (SSSR count). The van der Waals surface area contributed by atoms with E-state index >= 15 is 0 Å². The van der Waals surface area contributed by atoms with Crippen LogP contribution in [0.15, 0.2) is 18.7 Å². The molecule has 0 fully saturated rings. The first-order valence-electron chi connectivity index (χ1n) is 16.0. The summed E-state index contributed by atoms with van der Waals surface area (Å²) in [6.45, 7) is 13.7. The Kier molecular flexibility index (Phi) is 10.6. The van der Waals surface area contributed by atoms with Crippen molar-refractivity contribution in [3.63, 3.8) is 0 Å². The molecule has 2 atom stereocenters. The van der Waals surface area contributed by atoms with Gasteiger partial charge in [-0.2, -0.15) is 0 Å². The number of hydrogen-bond acceptors (Lipinski definition) is 9. The zero-order chi connectivity index (χ0) is 32.1. The van der Waals surface area contributed by atoms with Gasteiger partial charge in [-0.1, -0.05) is 45.4 Å². The standard InChI is InChI=1S/C35H46N2O8/c1-7-10-13-41-19-26-28-29(31(42-12-9-3)22(5)32-34(28)45-20-44-32)27(38)18-37(26)35(39)25-16-23-15-21(4)30(40-6)33(24(23)17-36-25)43-14-11-8-2/h9,15,25-26,36H,3,7-8,10-14,16-20H2,1-2,4-6H3/t25?,26-/m0/s1. The zero-order valence-corrected chi connectivity index (χ0v) is 27.2. The summed E-state index contributed by atoms with van der Waals surface area (Å²) in [6.07, 6.45) is 5.91. The largest absolute Gasteiger partial charge is 0.493 e. The van der Waals surface area contributed by atoms with E-state index < -0.39 is 12.1 Å². The van der Waals surface area contributed by atoms with Gasteiger partial charge in [-0.3, -0.25) is 9.59 Å². The predicted octanol–water partition coefficient (Wildman–Crippen LogP) is 5.38. The summed E-state index contributed by atoms with van der Waals surface area (Å²) in [6, 6.07) is 0.958. The Balaban J connectivity index is 1.51. The minimum absolute atomic E-state index is 0.0194. The van der Waals surface area contributed by atoms with Crippen LogP contribution in [0.2, 0.25) is 0 Å². The van der Waals surface area contributed by atoms with E-state index in [1.807, 2.05) is 13.8 Å². The third kappa shape index (κ3) is 6.35. The van der Waals surface area contributed by atoms with E-state index in [9.17, 15) is 9.59 Å². The minimum atomic E-state index is -0.571. The van der Waals surface area contributed by atoms with Gasteiger partial charge in [0.25, 0.3) is 0 Å². The molecule has 0 spiro atoms. The molecule has 3 aliphatic heterocycles. The third-order valence-corrected chi connectivity index (χ3v) is 8.70. The number of carbonyl (C=O) groups is 2. The molecular weight excluding hydrogens is 576 g/mol. The van der Waals surface area contributed by atoms with E-state index in [0.717, 1.165) is 53.9 Å². The fourth-order valence-electron chi connectivity index (χ4n) is 6.42. The van der Waals surface area contributed by atoms with Crippen molar-refractivity contribution in [2.45, 2.75) is 78.4 Å². The van der Waals surface area contributed by atoms with Gasteiger partial charge in [0.2, 0.25) is 12.7 Å². The number of carbonyl (C=O) groups excluding carboxylic acids is 2. The van der Waals surface area contributed by atoms with Crippen molar-refractivity contribution in [3.05, 3.63) is 52.1 Å². The lowest BCUT2D eigenvalue weighted by molar-refractivity contribution is -0.137. The van der Waals surface area contributed by atoms with Crippen LogP contribution in [0, 0.1) is 13.8 Å². The molecule has 1 unspecified atom stereocenters. The number of benzene rings is 2. The summed E-state index contributed by atoms with van der Waals surface area (Å²) >= 11 is 0. The average molecular weight is 623 g/mol. The lowest BCUT2D eigenvalue weighted by Gasteiger charge is -2.40. The van der Waals surface area contributed by atoms with E-state index in [-0.39, 0.29) is 38.2 Å². The molecule has 10 heteroatoms. The number of amides is 1. The molecule has 1 amide bonds. The molecule has 2 aromatic rings. The molecule has 3 heterocycles. The Morgan fingerprint density at radius 1 is 1.09 bits per heavy atom. The highest BCUT2D eigenvalue weighted by Gasteiger charge is 2.45. The molecule has 0 saturated heterocycles. The fourth-order valence-corrected chi connectivity index (χ4v) is 6.42. The number of nitrogens with zero attached hydrogens (tertiary/aromatic N) is 1. The van der Waals surface area contributed by atoms with Crippen LogP contribution in [-0.2, 0) is 22.5 Å². The van der Waals surface area contributed by atoms with Crippen molar-refractivity contribution in [2.24, 2.45) is 0 Å². The summed E-state index contributed by atoms with van der Waals surface area (Å²) in [7, 11) is 1.65. The van der Waals surface area contributed by atoms with Crippen LogP contribution < -0.4 is 29.0 Å². The minimum Gasteiger partial charge on any atom is -0.493 e. The van der Waals surface area contributed by atoms with Crippen LogP contribution in [0.1, 0.15) is 83.7 Å². The highest BCUT2D eigenvalue weighted by Crippen LogP contribution is 2.52. The molecule has 3 aliphatic rings. The van der Waals surface area contributed by atoms with Crippen LogP contribution in [0.5, 0.6) is 28.7 Å². The number of hydrogen-bond donors (Lipinski definition) is 1. The Morgan fingerprint density at radius 3 is 2.58 bits per heavy atom. The van der Waals surface area contributed by atoms with Gasteiger partial charge in [-0.15, -0.1) is 0 Å². The second kappa shape index (κ2) is 14.6. The highest BCUT2D eigenvalue weighted by atomic mass is 16.7. The van der Waals surface area contributed by atoms with Crippen molar-refractivity contribution < 1.29 is 38.0 Å². The number of ether oxygens (including phenoxy) is 6. The summed E-state index contributed by atoms with van der Waals surface area (Å²) < 4.78 is 35.9. The fraction of sp³-hybridized carbons (Fsp3) is 0.543. The molecule has 0 radical (unpaired) electrons. The number of Topliss-reactive ketones (excluding diaryl/α,β-unsaturated/α-hetero) is 1. The topological polar surface area (TPSA) is 105 Å². The normalized spacial score (nSPS) is 18.3. The average Bonchev–Trinajstić information content (AvgIpc) is 3.53. The van der Waals surface area contributed by atoms with Crippen molar-refractivity contribution >= 4 is 11.7 Å². The van der Waals surface area contributed by atoms with E-state index in [4.69, 9.17) is 28.4 Å². The first-order valence-corrected chi connectivity index (χ1v) is 16.0. The van der Waals surface area contributed by atoms with Crippen molar-refractivity contribution in [3.8, 4) is 28.7 Å². The monoisotopic (exact) mass is 622 g/mol. The summed E-state index contributed by atoms with van der Waals surface area (Å²) in [5.41, 5.74) is 4.68. The second-order valence-corrected chi connectivity index (χ2v) is 11.8. The smallest absolute Gasteiger partial charge is 0.241 e. The SMILES string of the molecule is C=CCOc1c(C)c2c(c3c1C(=O)CN(C(=O)C1Cc4cc(C)c(OC)c(OCCCC)c4CN1)[C@H]3COCCCC)OCO2. The first kappa shape index (κ1) is 32.6. The maximum Gasteiger partial charge on any atom is 0.241 e. The highest BCUT2D eigenvalue weighted by molar-refractivity contribution is 6.06. The van der Waals surface area contributed by atoms with Crippen molar-refractivity contribution in [1.29, 1.82) is 0 Å². The van der Waals surface area contributed by atoms with Crippen LogP contribution in [0.4, 0.5) is 0 Å². The Hall–Kier alpha value is -3.76. The van der Waals surface area contributed by atoms with Gasteiger partial charge in [-0.25, -0.2) is 0 Å². The van der Waals surface area contributed by atoms with Crippen LogP contribution in [0.3, 0.4) is 0 Å². The number of aryl methyl sites for hydroxylation is 1. The molecule has 45 heavy (non-hydrogen) atoms. The summed E-state index contributed by atoms with van der Waals surface area (Å²) in [4.78, 5) is 30.0. The number of nitrogens with one attached hydrogen (secondary N) is 1. The number of unbranched alkanes of at least 4 members (excludes halogenated alkanes) is 2. The van der Waals surface area contributed by atoms with E-state index in [1.54, 1.807) is 18.1 Å². The maximum absolute atomic E-state index is 14.4. The molecule has 0 aromatic heterocycles. The lowest BCUT2D eigenvalue weighted by atomic mass is 9.86. The molecule has 244 valence electrons. The molecule has 0 aliphatic carbocycles. The van der Waals surface area contributed by atoms with Crippen LogP contribution in [0.25, 0.3) is 0 Å². The van der Waals surface area contributed by atoms with Gasteiger partial charge in [-0.05, 0) is 44.2 Å². The van der Waals surface area contributed by atoms with E-state index in [0.29, 0.717) is 60.1 Å². The van der Waals surface area contributed by atoms with Gasteiger partial charge >= 0.3 is 0 Å². The number of fused-ring (bicyclic) bond motifs is 4. The molecule has 0 bridgehead atoms. The van der Waals surface area contributed by atoms with Gasteiger partial charge in [0, 0.05) is 29.8 Å². The Labute approximate surface area is 265 Å². The van der Waals surface area contributed by atoms with Gasteiger partial charge in [0.05, 0.1) is 44.5 Å². The van der Waals surface area contributed by atoms with Crippen molar-refractivity contribution in [1.82, 2.24) is 10.2 Å². The summed E-state index contributed by atoms with van der Waals surface area (Å²) in [5, 5.41) is 3.44. The van der Waals surface area contributed by atoms with Gasteiger partial charge in [0.1, 0.15) is 12.4 Å². The maximum atomic E-state index is 14.4. The quantitative estimate of drug-likeness (QED) is 0.220. The number of methoxy groups -OCH3 is 1. The molecule has 10 nitrogen and oxygen atoms in total. The Morgan fingerprint density at radius 2 is 1.84 bits per heavy atom. The lowest BCUT2D eigenvalue weighted by Crippen LogP contribution is -2.54. The van der Waals surface area contributed by atoms with E-state index in [2.05, 4.69) is 31.8 Å². The van der Waals surface area contributed by atoms with Crippen LogP contribution >= 0.6 is 0 Å². The Bertz CT molecular complexity index is 1440. The van der Waals surface area contributed by atoms with E-state index in [1.165, 1.54) is 0 Å². The van der Waals surface area contributed by atoms with Crippen molar-refractivity contribution in [2.75, 3.05) is 46.9 Å². The zero-order valence-electron chi connectivity index (χ0n) is 27.2. The number of rotatable bonds is 14. The number of ketones is 1. The van der Waals surface area contributed by atoms with Gasteiger partial charge in [0.15, 0.2) is 28.8 Å². The molecule has 0 saturated carbocycles. The molecule has 2 aromatic carbocycles. The molecular formula is C35H46N2O8. The second-order valence-electron chi connectivity index (χ2n) is 11.8.